The van der Waals surface area contributed by atoms with E-state index in [1.54, 1.807) is 6.07 Å². The fourth-order valence-electron chi connectivity index (χ4n) is 2.01. The SMILES string of the molecule is Cc1cc(OCC2CCCN2)cc([N+](=O)[O-])c1. The van der Waals surface area contributed by atoms with Crippen LogP contribution in [-0.4, -0.2) is 24.1 Å². The molecule has 5 nitrogen and oxygen atoms in total. The average molecular weight is 236 g/mol. The van der Waals surface area contributed by atoms with Gasteiger partial charge in [0, 0.05) is 12.1 Å². The molecule has 0 radical (unpaired) electrons. The lowest BCUT2D eigenvalue weighted by Crippen LogP contribution is -2.28. The average Bonchev–Trinajstić information content (AvgIpc) is 2.78. The standard InChI is InChI=1S/C12H16N2O3/c1-9-5-11(14(15)16)7-12(6-9)17-8-10-3-2-4-13-10/h5-7,10,13H,2-4,8H2,1H3. The normalized spacial score (nSPS) is 19.2. The quantitative estimate of drug-likeness (QED) is 0.641. The van der Waals surface area contributed by atoms with Crippen molar-refractivity contribution in [2.24, 2.45) is 0 Å². The first-order chi connectivity index (χ1) is 8.15. The van der Waals surface area contributed by atoms with Crippen LogP contribution in [0.2, 0.25) is 0 Å². The molecule has 1 saturated heterocycles. The fourth-order valence-corrected chi connectivity index (χ4v) is 2.01. The van der Waals surface area contributed by atoms with Gasteiger partial charge in [0.15, 0.2) is 0 Å². The van der Waals surface area contributed by atoms with Crippen LogP contribution in [0.3, 0.4) is 0 Å². The molecule has 1 atom stereocenters. The van der Waals surface area contributed by atoms with Gasteiger partial charge in [0.2, 0.25) is 0 Å². The molecule has 0 spiro atoms. The smallest absolute Gasteiger partial charge is 0.273 e. The zero-order valence-electron chi connectivity index (χ0n) is 9.81. The van der Waals surface area contributed by atoms with E-state index in [0.29, 0.717) is 18.4 Å². The summed E-state index contributed by atoms with van der Waals surface area (Å²) in [5, 5.41) is 14.0. The van der Waals surface area contributed by atoms with E-state index in [-0.39, 0.29) is 5.69 Å². The molecule has 1 aromatic rings. The monoisotopic (exact) mass is 236 g/mol. The van der Waals surface area contributed by atoms with Gasteiger partial charge in [0.05, 0.1) is 11.0 Å². The molecular formula is C12H16N2O3. The number of nitrogens with one attached hydrogen (secondary N) is 1. The Morgan fingerprint density at radius 1 is 1.53 bits per heavy atom. The van der Waals surface area contributed by atoms with E-state index >= 15 is 0 Å². The Bertz CT molecular complexity index is 414. The Labute approximate surface area is 99.9 Å². The first-order valence-electron chi connectivity index (χ1n) is 5.77. The van der Waals surface area contributed by atoms with Gasteiger partial charge >= 0.3 is 0 Å². The maximum absolute atomic E-state index is 10.7. The highest BCUT2D eigenvalue weighted by molar-refractivity contribution is 5.42. The van der Waals surface area contributed by atoms with E-state index < -0.39 is 4.92 Å². The second-order valence-corrected chi connectivity index (χ2v) is 4.37. The summed E-state index contributed by atoms with van der Waals surface area (Å²) >= 11 is 0. The van der Waals surface area contributed by atoms with E-state index in [4.69, 9.17) is 4.74 Å². The Balaban J connectivity index is 2.01. The number of benzene rings is 1. The first-order valence-corrected chi connectivity index (χ1v) is 5.77. The van der Waals surface area contributed by atoms with Gasteiger partial charge in [0.1, 0.15) is 12.4 Å². The second-order valence-electron chi connectivity index (χ2n) is 4.37. The number of nitro benzene ring substituents is 1. The van der Waals surface area contributed by atoms with Crippen molar-refractivity contribution in [1.29, 1.82) is 0 Å². The molecule has 1 aliphatic heterocycles. The lowest BCUT2D eigenvalue weighted by molar-refractivity contribution is -0.385. The fraction of sp³-hybridized carbons (Fsp3) is 0.500. The molecule has 92 valence electrons. The van der Waals surface area contributed by atoms with E-state index in [1.165, 1.54) is 12.5 Å². The molecule has 1 heterocycles. The number of nitrogens with zero attached hydrogens (tertiary/aromatic N) is 1. The number of hydrogen-bond acceptors (Lipinski definition) is 4. The summed E-state index contributed by atoms with van der Waals surface area (Å²) in [6.45, 7) is 3.43. The van der Waals surface area contributed by atoms with Crippen LogP contribution in [0.4, 0.5) is 5.69 Å². The molecule has 0 aromatic heterocycles. The summed E-state index contributed by atoms with van der Waals surface area (Å²) in [6.07, 6.45) is 2.27. The molecular weight excluding hydrogens is 220 g/mol. The highest BCUT2D eigenvalue weighted by Crippen LogP contribution is 2.22. The van der Waals surface area contributed by atoms with Crippen LogP contribution in [0.15, 0.2) is 18.2 Å². The van der Waals surface area contributed by atoms with Crippen LogP contribution in [0.25, 0.3) is 0 Å². The van der Waals surface area contributed by atoms with Gasteiger partial charge in [-0.15, -0.1) is 0 Å². The summed E-state index contributed by atoms with van der Waals surface area (Å²) in [4.78, 5) is 10.3. The lowest BCUT2D eigenvalue weighted by atomic mass is 10.2. The number of aryl methyl sites for hydroxylation is 1. The van der Waals surface area contributed by atoms with Crippen molar-refractivity contribution in [3.05, 3.63) is 33.9 Å². The minimum Gasteiger partial charge on any atom is -0.492 e. The molecule has 0 amide bonds. The van der Waals surface area contributed by atoms with E-state index in [1.807, 2.05) is 13.0 Å². The number of non-ortho nitro benzene ring substituents is 1. The zero-order valence-corrected chi connectivity index (χ0v) is 9.81. The van der Waals surface area contributed by atoms with Crippen molar-refractivity contribution in [1.82, 2.24) is 5.32 Å². The largest absolute Gasteiger partial charge is 0.492 e. The van der Waals surface area contributed by atoms with Crippen LogP contribution in [0, 0.1) is 17.0 Å². The minimum absolute atomic E-state index is 0.0828. The summed E-state index contributed by atoms with van der Waals surface area (Å²) in [6, 6.07) is 5.21. The molecule has 1 fully saturated rings. The van der Waals surface area contributed by atoms with Gasteiger partial charge in [-0.25, -0.2) is 0 Å². The van der Waals surface area contributed by atoms with Gasteiger partial charge in [0.25, 0.3) is 5.69 Å². The van der Waals surface area contributed by atoms with Crippen molar-refractivity contribution < 1.29 is 9.66 Å². The van der Waals surface area contributed by atoms with E-state index in [0.717, 1.165) is 18.5 Å². The summed E-state index contributed by atoms with van der Waals surface area (Å²) in [5.41, 5.74) is 0.924. The molecule has 1 N–H and O–H groups in total. The molecule has 2 rings (SSSR count). The number of ether oxygens (including phenoxy) is 1. The Kier molecular flexibility index (Phi) is 3.58. The molecule has 1 aliphatic rings. The van der Waals surface area contributed by atoms with Crippen LogP contribution in [0.1, 0.15) is 18.4 Å². The highest BCUT2D eigenvalue weighted by atomic mass is 16.6. The third-order valence-electron chi connectivity index (χ3n) is 2.86. The van der Waals surface area contributed by atoms with E-state index in [2.05, 4.69) is 5.32 Å². The summed E-state index contributed by atoms with van der Waals surface area (Å²) in [7, 11) is 0. The minimum atomic E-state index is -0.395. The molecule has 1 aromatic carbocycles. The predicted octanol–water partition coefficient (Wildman–Crippen LogP) is 2.03. The van der Waals surface area contributed by atoms with Crippen molar-refractivity contribution in [3.8, 4) is 5.75 Å². The van der Waals surface area contributed by atoms with Crippen LogP contribution in [0.5, 0.6) is 5.75 Å². The maximum atomic E-state index is 10.7. The van der Waals surface area contributed by atoms with Crippen molar-refractivity contribution in [3.63, 3.8) is 0 Å². The van der Waals surface area contributed by atoms with Crippen molar-refractivity contribution in [2.45, 2.75) is 25.8 Å². The molecule has 0 saturated carbocycles. The van der Waals surface area contributed by atoms with Crippen molar-refractivity contribution in [2.75, 3.05) is 13.2 Å². The number of rotatable bonds is 4. The Morgan fingerprint density at radius 3 is 3.00 bits per heavy atom. The molecule has 17 heavy (non-hydrogen) atoms. The number of nitro groups is 1. The third-order valence-corrected chi connectivity index (χ3v) is 2.86. The third kappa shape index (κ3) is 3.17. The Morgan fingerprint density at radius 2 is 2.35 bits per heavy atom. The van der Waals surface area contributed by atoms with Crippen molar-refractivity contribution >= 4 is 5.69 Å². The second kappa shape index (κ2) is 5.14. The maximum Gasteiger partial charge on any atom is 0.273 e. The summed E-state index contributed by atoms with van der Waals surface area (Å²) in [5.74, 6) is 0.574. The lowest BCUT2D eigenvalue weighted by Gasteiger charge is -2.12. The highest BCUT2D eigenvalue weighted by Gasteiger charge is 2.15. The first kappa shape index (κ1) is 11.9. The van der Waals surface area contributed by atoms with Gasteiger partial charge < -0.3 is 10.1 Å². The van der Waals surface area contributed by atoms with Gasteiger partial charge in [-0.3, -0.25) is 10.1 Å². The van der Waals surface area contributed by atoms with Crippen LogP contribution >= 0.6 is 0 Å². The Hall–Kier alpha value is -1.62. The molecule has 5 heteroatoms. The van der Waals surface area contributed by atoms with Gasteiger partial charge in [-0.05, 0) is 37.9 Å². The predicted molar refractivity (Wildman–Crippen MR) is 64.4 cm³/mol. The van der Waals surface area contributed by atoms with E-state index in [9.17, 15) is 10.1 Å². The van der Waals surface area contributed by atoms with Gasteiger partial charge in [-0.1, -0.05) is 0 Å². The molecule has 0 bridgehead atoms. The zero-order chi connectivity index (χ0) is 12.3. The molecule has 0 aliphatic carbocycles. The summed E-state index contributed by atoms with van der Waals surface area (Å²) < 4.78 is 5.59. The molecule has 1 unspecified atom stereocenters. The number of hydrogen-bond donors (Lipinski definition) is 1. The van der Waals surface area contributed by atoms with Gasteiger partial charge in [-0.2, -0.15) is 0 Å². The van der Waals surface area contributed by atoms with Crippen LogP contribution in [-0.2, 0) is 0 Å². The topological polar surface area (TPSA) is 64.4 Å². The van der Waals surface area contributed by atoms with Crippen LogP contribution < -0.4 is 10.1 Å².